The molecule has 74 valence electrons. The Labute approximate surface area is 80.3 Å². The lowest BCUT2D eigenvalue weighted by molar-refractivity contribution is -0.126. The second-order valence-electron chi connectivity index (χ2n) is 5.12. The van der Waals surface area contributed by atoms with Crippen molar-refractivity contribution in [1.29, 1.82) is 0 Å². The first kappa shape index (κ1) is 9.20. The van der Waals surface area contributed by atoms with Gasteiger partial charge in [-0.1, -0.05) is 6.92 Å². The summed E-state index contributed by atoms with van der Waals surface area (Å²) in [5.74, 6) is 1.16. The van der Waals surface area contributed by atoms with Gasteiger partial charge in [0.15, 0.2) is 0 Å². The Kier molecular flexibility index (Phi) is 2.18. The van der Waals surface area contributed by atoms with Crippen LogP contribution in [0.2, 0.25) is 0 Å². The smallest absolute Gasteiger partial charge is 0.133 e. The van der Waals surface area contributed by atoms with Crippen LogP contribution in [0.25, 0.3) is 0 Å². The van der Waals surface area contributed by atoms with Gasteiger partial charge in [0.1, 0.15) is 5.78 Å². The van der Waals surface area contributed by atoms with Crippen molar-refractivity contribution in [3.05, 3.63) is 0 Å². The first-order chi connectivity index (χ1) is 6.10. The topological polar surface area (TPSA) is 20.3 Å². The van der Waals surface area contributed by atoms with Gasteiger partial charge in [0, 0.05) is 19.4 Å². The van der Waals surface area contributed by atoms with Crippen LogP contribution in [0.3, 0.4) is 0 Å². The summed E-state index contributed by atoms with van der Waals surface area (Å²) in [7, 11) is 2.19. The molecule has 0 aromatic carbocycles. The molecule has 2 aliphatic rings. The van der Waals surface area contributed by atoms with Crippen LogP contribution < -0.4 is 0 Å². The summed E-state index contributed by atoms with van der Waals surface area (Å²) < 4.78 is 0. The molecule has 0 N–H and O–H groups in total. The molecule has 2 rings (SSSR count). The molecule has 2 heteroatoms. The zero-order valence-electron chi connectivity index (χ0n) is 8.68. The van der Waals surface area contributed by atoms with E-state index in [2.05, 4.69) is 18.9 Å². The van der Waals surface area contributed by atoms with E-state index in [1.165, 1.54) is 19.5 Å². The molecule has 2 nitrogen and oxygen atoms in total. The monoisotopic (exact) mass is 181 g/mol. The van der Waals surface area contributed by atoms with E-state index in [9.17, 15) is 4.79 Å². The van der Waals surface area contributed by atoms with Crippen molar-refractivity contribution < 1.29 is 4.79 Å². The Morgan fingerprint density at radius 1 is 1.54 bits per heavy atom. The fourth-order valence-electron chi connectivity index (χ4n) is 2.98. The van der Waals surface area contributed by atoms with E-state index in [0.29, 0.717) is 17.1 Å². The van der Waals surface area contributed by atoms with Gasteiger partial charge in [-0.15, -0.1) is 0 Å². The largest absolute Gasteiger partial charge is 0.306 e. The molecular weight excluding hydrogens is 162 g/mol. The first-order valence-corrected chi connectivity index (χ1v) is 5.30. The molecule has 1 unspecified atom stereocenters. The third-order valence-electron chi connectivity index (χ3n) is 3.93. The van der Waals surface area contributed by atoms with Crippen LogP contribution in [0.5, 0.6) is 0 Å². The van der Waals surface area contributed by atoms with E-state index in [1.54, 1.807) is 0 Å². The minimum Gasteiger partial charge on any atom is -0.306 e. The fraction of sp³-hybridized carbons (Fsp3) is 0.909. The van der Waals surface area contributed by atoms with E-state index in [1.807, 2.05) is 0 Å². The third-order valence-corrected chi connectivity index (χ3v) is 3.93. The van der Waals surface area contributed by atoms with E-state index in [0.717, 1.165) is 19.3 Å². The molecule has 1 aliphatic heterocycles. The van der Waals surface area contributed by atoms with E-state index in [4.69, 9.17) is 0 Å². The maximum atomic E-state index is 11.3. The molecule has 0 aromatic heterocycles. The minimum atomic E-state index is 0.431. The zero-order valence-corrected chi connectivity index (χ0v) is 8.68. The number of likely N-dealkylation sites (tertiary alicyclic amines) is 1. The Balaban J connectivity index is 2.11. The summed E-state index contributed by atoms with van der Waals surface area (Å²) in [4.78, 5) is 13.7. The summed E-state index contributed by atoms with van der Waals surface area (Å²) in [5, 5.41) is 0. The van der Waals surface area contributed by atoms with Gasteiger partial charge in [-0.05, 0) is 37.8 Å². The van der Waals surface area contributed by atoms with Crippen molar-refractivity contribution in [3.8, 4) is 0 Å². The quantitative estimate of drug-likeness (QED) is 0.567. The molecule has 0 spiro atoms. The molecule has 1 aliphatic carbocycles. The van der Waals surface area contributed by atoms with Gasteiger partial charge < -0.3 is 4.90 Å². The van der Waals surface area contributed by atoms with Crippen LogP contribution >= 0.6 is 0 Å². The number of fused-ring (bicyclic) bond motifs is 1. The average molecular weight is 181 g/mol. The minimum absolute atomic E-state index is 0.431. The molecule has 1 heterocycles. The number of hydrogen-bond donors (Lipinski definition) is 0. The molecule has 0 radical (unpaired) electrons. The molecule has 1 saturated heterocycles. The van der Waals surface area contributed by atoms with Crippen LogP contribution in [0.15, 0.2) is 0 Å². The number of nitrogens with zero attached hydrogens (tertiary/aromatic N) is 1. The number of carbonyl (C=O) groups excluding carboxylic acids is 1. The van der Waals surface area contributed by atoms with Gasteiger partial charge in [0.05, 0.1) is 0 Å². The lowest BCUT2D eigenvalue weighted by Gasteiger charge is -2.47. The highest BCUT2D eigenvalue weighted by Crippen LogP contribution is 2.44. The van der Waals surface area contributed by atoms with Crippen molar-refractivity contribution in [2.45, 2.75) is 32.6 Å². The van der Waals surface area contributed by atoms with Crippen LogP contribution in [-0.4, -0.2) is 30.8 Å². The summed E-state index contributed by atoms with van der Waals surface area (Å²) in [6.45, 7) is 4.72. The van der Waals surface area contributed by atoms with Gasteiger partial charge in [0.25, 0.3) is 0 Å². The zero-order chi connectivity index (χ0) is 9.47. The predicted molar refractivity (Wildman–Crippen MR) is 52.6 cm³/mol. The van der Waals surface area contributed by atoms with Crippen molar-refractivity contribution >= 4 is 5.78 Å². The van der Waals surface area contributed by atoms with Crippen molar-refractivity contribution in [2.75, 3.05) is 20.1 Å². The van der Waals surface area contributed by atoms with Crippen LogP contribution in [0, 0.1) is 11.3 Å². The Hall–Kier alpha value is -0.370. The lowest BCUT2D eigenvalue weighted by atomic mass is 9.64. The number of hydrogen-bond acceptors (Lipinski definition) is 2. The second-order valence-corrected chi connectivity index (χ2v) is 5.12. The molecule has 2 atom stereocenters. The maximum absolute atomic E-state index is 11.3. The Morgan fingerprint density at radius 3 is 3.08 bits per heavy atom. The van der Waals surface area contributed by atoms with Gasteiger partial charge in [-0.3, -0.25) is 4.79 Å². The number of rotatable bonds is 0. The van der Waals surface area contributed by atoms with Crippen molar-refractivity contribution in [2.24, 2.45) is 11.3 Å². The van der Waals surface area contributed by atoms with Gasteiger partial charge >= 0.3 is 0 Å². The van der Waals surface area contributed by atoms with Crippen molar-refractivity contribution in [1.82, 2.24) is 4.90 Å². The second kappa shape index (κ2) is 3.09. The average Bonchev–Trinajstić information content (AvgIpc) is 2.06. The van der Waals surface area contributed by atoms with Crippen LogP contribution in [0.1, 0.15) is 32.6 Å². The normalized spacial score (nSPS) is 41.7. The van der Waals surface area contributed by atoms with Crippen LogP contribution in [0.4, 0.5) is 0 Å². The highest BCUT2D eigenvalue weighted by Gasteiger charge is 2.42. The number of ketones is 1. The number of carbonyl (C=O) groups is 1. The highest BCUT2D eigenvalue weighted by molar-refractivity contribution is 5.79. The number of Topliss-reactive ketones (excluding diaryl/α,β-unsaturated/α-hetero) is 1. The maximum Gasteiger partial charge on any atom is 0.133 e. The lowest BCUT2D eigenvalue weighted by Crippen LogP contribution is -2.48. The Morgan fingerprint density at radius 2 is 2.31 bits per heavy atom. The summed E-state index contributed by atoms with van der Waals surface area (Å²) in [6, 6.07) is 0. The summed E-state index contributed by atoms with van der Waals surface area (Å²) >= 11 is 0. The molecule has 0 amide bonds. The molecule has 0 aromatic rings. The van der Waals surface area contributed by atoms with Gasteiger partial charge in [-0.25, -0.2) is 0 Å². The molecule has 13 heavy (non-hydrogen) atoms. The Bertz CT molecular complexity index is 226. The fourth-order valence-corrected chi connectivity index (χ4v) is 2.98. The van der Waals surface area contributed by atoms with Crippen molar-refractivity contribution in [3.63, 3.8) is 0 Å². The molecule has 0 bridgehead atoms. The third kappa shape index (κ3) is 1.64. The summed E-state index contributed by atoms with van der Waals surface area (Å²) in [5.41, 5.74) is 0.431. The van der Waals surface area contributed by atoms with Gasteiger partial charge in [0.2, 0.25) is 0 Å². The molecule has 2 fully saturated rings. The standard InChI is InChI=1S/C11H19NO/c1-11-5-3-10(13)7-9(11)4-6-12(2)8-11/h9H,3-8H2,1-2H3/t9?,11-/m1/s1. The molecule has 1 saturated carbocycles. The predicted octanol–water partition coefficient (Wildman–Crippen LogP) is 1.70. The molecular formula is C11H19NO. The first-order valence-electron chi connectivity index (χ1n) is 5.30. The van der Waals surface area contributed by atoms with Crippen LogP contribution in [-0.2, 0) is 4.79 Å². The van der Waals surface area contributed by atoms with E-state index < -0.39 is 0 Å². The van der Waals surface area contributed by atoms with Gasteiger partial charge in [-0.2, -0.15) is 0 Å². The highest BCUT2D eigenvalue weighted by atomic mass is 16.1. The summed E-state index contributed by atoms with van der Waals surface area (Å²) in [6.07, 6.45) is 4.00. The van der Waals surface area contributed by atoms with E-state index >= 15 is 0 Å². The number of piperidine rings is 1. The SMILES string of the molecule is CN1CCC2CC(=O)CC[C@]2(C)C1. The van der Waals surface area contributed by atoms with E-state index in [-0.39, 0.29) is 0 Å².